The average molecular weight is 544 g/mol. The third kappa shape index (κ3) is 6.35. The number of amides is 1. The van der Waals surface area contributed by atoms with Gasteiger partial charge in [0.25, 0.3) is 0 Å². The van der Waals surface area contributed by atoms with Crippen LogP contribution in [0.15, 0.2) is 47.3 Å². The van der Waals surface area contributed by atoms with Crippen LogP contribution in [0, 0.1) is 0 Å². The van der Waals surface area contributed by atoms with Crippen molar-refractivity contribution < 1.29 is 22.7 Å². The van der Waals surface area contributed by atoms with Crippen molar-refractivity contribution in [2.75, 3.05) is 24.1 Å². The van der Waals surface area contributed by atoms with Gasteiger partial charge in [0.1, 0.15) is 11.4 Å². The quantitative estimate of drug-likeness (QED) is 0.408. The standard InChI is InChI=1S/C28H32F3N5O3/c1-16(19-12-20(28(29,30)31)15-21(32)13-19)33-24-22-14-18(6-7-23(22)35(5)25(37)34-24)17-8-10-36(11-9-17)26(38)39-27(2,3)4/h6-8,12-16H,9-11,32H2,1-5H3,(H,33,34,37)/t16-/m1/s1. The number of carbonyl (C=O) groups excluding carboxylic acids is 1. The predicted octanol–water partition coefficient (Wildman–Crippen LogP) is 5.73. The highest BCUT2D eigenvalue weighted by Gasteiger charge is 2.31. The first-order chi connectivity index (χ1) is 18.1. The van der Waals surface area contributed by atoms with Gasteiger partial charge in [-0.05, 0) is 81.1 Å². The highest BCUT2D eigenvalue weighted by Crippen LogP contribution is 2.34. The van der Waals surface area contributed by atoms with E-state index in [1.54, 1.807) is 18.9 Å². The lowest BCUT2D eigenvalue weighted by molar-refractivity contribution is -0.137. The normalized spacial score (nSPS) is 15.2. The molecule has 0 unspecified atom stereocenters. The van der Waals surface area contributed by atoms with Gasteiger partial charge in [-0.1, -0.05) is 12.1 Å². The number of nitrogens with two attached hydrogens (primary N) is 1. The summed E-state index contributed by atoms with van der Waals surface area (Å²) >= 11 is 0. The molecular weight excluding hydrogens is 511 g/mol. The van der Waals surface area contributed by atoms with Crippen LogP contribution in [-0.2, 0) is 18.0 Å². The molecule has 0 saturated carbocycles. The van der Waals surface area contributed by atoms with Crippen LogP contribution in [0.2, 0.25) is 0 Å². The highest BCUT2D eigenvalue weighted by molar-refractivity contribution is 5.92. The Labute approximate surface area is 224 Å². The Kier molecular flexibility index (Phi) is 7.38. The molecule has 208 valence electrons. The summed E-state index contributed by atoms with van der Waals surface area (Å²) in [6.07, 6.45) is -2.34. The fraction of sp³-hybridized carbons (Fsp3) is 0.393. The first kappa shape index (κ1) is 28.0. The van der Waals surface area contributed by atoms with E-state index in [1.165, 1.54) is 10.6 Å². The summed E-state index contributed by atoms with van der Waals surface area (Å²) in [5.74, 6) is 0.255. The second-order valence-corrected chi connectivity index (χ2v) is 10.7. The van der Waals surface area contributed by atoms with E-state index < -0.39 is 29.1 Å². The van der Waals surface area contributed by atoms with Crippen LogP contribution >= 0.6 is 0 Å². The lowest BCUT2D eigenvalue weighted by Gasteiger charge is -2.29. The first-order valence-electron chi connectivity index (χ1n) is 12.5. The number of carbonyl (C=O) groups is 1. The molecule has 3 aromatic rings. The second-order valence-electron chi connectivity index (χ2n) is 10.7. The largest absolute Gasteiger partial charge is 0.444 e. The van der Waals surface area contributed by atoms with E-state index in [1.807, 2.05) is 45.0 Å². The lowest BCUT2D eigenvalue weighted by Crippen LogP contribution is -2.39. The molecule has 3 N–H and O–H groups in total. The Morgan fingerprint density at radius 1 is 1.15 bits per heavy atom. The zero-order valence-electron chi connectivity index (χ0n) is 22.5. The van der Waals surface area contributed by atoms with E-state index in [0.29, 0.717) is 36.0 Å². The number of halogens is 3. The highest BCUT2D eigenvalue weighted by atomic mass is 19.4. The Morgan fingerprint density at radius 3 is 2.49 bits per heavy atom. The Morgan fingerprint density at radius 2 is 1.87 bits per heavy atom. The zero-order chi connectivity index (χ0) is 28.7. The first-order valence-corrected chi connectivity index (χ1v) is 12.5. The monoisotopic (exact) mass is 543 g/mol. The third-order valence-corrected chi connectivity index (χ3v) is 6.50. The van der Waals surface area contributed by atoms with E-state index in [4.69, 9.17) is 10.5 Å². The molecule has 11 heteroatoms. The van der Waals surface area contributed by atoms with Crippen LogP contribution < -0.4 is 16.7 Å². The number of nitrogens with zero attached hydrogens (tertiary/aromatic N) is 3. The summed E-state index contributed by atoms with van der Waals surface area (Å²) in [6, 6.07) is 8.36. The van der Waals surface area contributed by atoms with Crippen molar-refractivity contribution >= 4 is 34.1 Å². The molecule has 1 aliphatic rings. The topological polar surface area (TPSA) is 102 Å². The van der Waals surface area contributed by atoms with Gasteiger partial charge in [0.05, 0.1) is 17.1 Å². The molecule has 4 rings (SSSR count). The van der Waals surface area contributed by atoms with Crippen LogP contribution in [-0.4, -0.2) is 39.2 Å². The molecule has 0 saturated heterocycles. The van der Waals surface area contributed by atoms with Crippen molar-refractivity contribution in [3.8, 4) is 0 Å². The summed E-state index contributed by atoms with van der Waals surface area (Å²) in [5.41, 5.74) is 6.65. The molecule has 0 radical (unpaired) electrons. The van der Waals surface area contributed by atoms with Crippen LogP contribution in [0.5, 0.6) is 0 Å². The lowest BCUT2D eigenvalue weighted by atomic mass is 9.98. The molecule has 1 atom stereocenters. The van der Waals surface area contributed by atoms with Crippen molar-refractivity contribution in [2.24, 2.45) is 7.05 Å². The van der Waals surface area contributed by atoms with Crippen LogP contribution in [0.1, 0.15) is 56.8 Å². The number of anilines is 2. The fourth-order valence-corrected chi connectivity index (χ4v) is 4.46. The van der Waals surface area contributed by atoms with Gasteiger partial charge in [0, 0.05) is 31.2 Å². The molecule has 2 heterocycles. The SMILES string of the molecule is C[C@@H](Nc1nc(=O)n(C)c2ccc(C3=CCN(C(=O)OC(C)(C)C)CC3)cc12)c1cc(N)cc(C(F)(F)F)c1. The smallest absolute Gasteiger partial charge is 0.416 e. The van der Waals surface area contributed by atoms with Crippen LogP contribution in [0.25, 0.3) is 16.5 Å². The molecule has 2 aromatic carbocycles. The van der Waals surface area contributed by atoms with Crippen LogP contribution in [0.3, 0.4) is 0 Å². The minimum atomic E-state index is -4.54. The maximum atomic E-state index is 13.3. The number of aromatic nitrogens is 2. The van der Waals surface area contributed by atoms with Gasteiger partial charge in [-0.15, -0.1) is 0 Å². The molecule has 8 nitrogen and oxygen atoms in total. The van der Waals surface area contributed by atoms with Gasteiger partial charge in [0.15, 0.2) is 0 Å². The number of ether oxygens (including phenoxy) is 1. The summed E-state index contributed by atoms with van der Waals surface area (Å²) in [5, 5.41) is 3.75. The minimum absolute atomic E-state index is 0.0118. The van der Waals surface area contributed by atoms with Crippen molar-refractivity contribution in [1.29, 1.82) is 0 Å². The number of hydrogen-bond donors (Lipinski definition) is 2. The number of rotatable bonds is 4. The molecule has 0 bridgehead atoms. The van der Waals surface area contributed by atoms with E-state index in [-0.39, 0.29) is 17.6 Å². The third-order valence-electron chi connectivity index (χ3n) is 6.50. The number of aryl methyl sites for hydroxylation is 1. The molecular formula is C28H32F3N5O3. The van der Waals surface area contributed by atoms with Gasteiger partial charge in [-0.3, -0.25) is 4.57 Å². The average Bonchev–Trinajstić information content (AvgIpc) is 2.85. The number of nitrogen functional groups attached to an aromatic ring is 1. The summed E-state index contributed by atoms with van der Waals surface area (Å²) in [6.45, 7) is 8.03. The summed E-state index contributed by atoms with van der Waals surface area (Å²) in [4.78, 5) is 30.8. The molecule has 39 heavy (non-hydrogen) atoms. The van der Waals surface area contributed by atoms with E-state index in [9.17, 15) is 22.8 Å². The number of hydrogen-bond acceptors (Lipinski definition) is 6. The predicted molar refractivity (Wildman–Crippen MR) is 145 cm³/mol. The Hall–Kier alpha value is -4.02. The van der Waals surface area contributed by atoms with Gasteiger partial charge >= 0.3 is 18.0 Å². The zero-order valence-corrected chi connectivity index (χ0v) is 22.5. The number of nitrogens with one attached hydrogen (secondary N) is 1. The van der Waals surface area contributed by atoms with Gasteiger partial charge in [0.2, 0.25) is 0 Å². The summed E-state index contributed by atoms with van der Waals surface area (Å²) in [7, 11) is 1.61. The van der Waals surface area contributed by atoms with Gasteiger partial charge in [-0.2, -0.15) is 18.2 Å². The molecule has 1 amide bonds. The van der Waals surface area contributed by atoms with Crippen molar-refractivity contribution in [3.63, 3.8) is 0 Å². The number of alkyl halides is 3. The number of fused-ring (bicyclic) bond motifs is 1. The van der Waals surface area contributed by atoms with Gasteiger partial charge < -0.3 is 20.7 Å². The Balaban J connectivity index is 1.66. The molecule has 0 spiro atoms. The van der Waals surface area contributed by atoms with Crippen molar-refractivity contribution in [2.45, 2.75) is 51.9 Å². The molecule has 0 fully saturated rings. The molecule has 1 aromatic heterocycles. The molecule has 0 aliphatic carbocycles. The van der Waals surface area contributed by atoms with E-state index in [2.05, 4.69) is 10.3 Å². The van der Waals surface area contributed by atoms with Gasteiger partial charge in [-0.25, -0.2) is 9.59 Å². The van der Waals surface area contributed by atoms with E-state index in [0.717, 1.165) is 23.3 Å². The number of benzene rings is 2. The van der Waals surface area contributed by atoms with Crippen molar-refractivity contribution in [3.05, 3.63) is 69.6 Å². The summed E-state index contributed by atoms with van der Waals surface area (Å²) < 4.78 is 46.9. The minimum Gasteiger partial charge on any atom is -0.444 e. The molecule has 1 aliphatic heterocycles. The van der Waals surface area contributed by atoms with Crippen LogP contribution in [0.4, 0.5) is 29.5 Å². The van der Waals surface area contributed by atoms with E-state index >= 15 is 0 Å². The maximum absolute atomic E-state index is 13.3. The van der Waals surface area contributed by atoms with Crippen molar-refractivity contribution in [1.82, 2.24) is 14.5 Å². The second kappa shape index (κ2) is 10.3. The maximum Gasteiger partial charge on any atom is 0.416 e. The fourth-order valence-electron chi connectivity index (χ4n) is 4.46. The Bertz CT molecular complexity index is 1510.